The molecule has 0 N–H and O–H groups in total. The summed E-state index contributed by atoms with van der Waals surface area (Å²) < 4.78 is 7.34. The Hall–Kier alpha value is -2.56. The summed E-state index contributed by atoms with van der Waals surface area (Å²) in [5.74, 6) is 0.475. The second kappa shape index (κ2) is 8.01. The van der Waals surface area contributed by atoms with Crippen molar-refractivity contribution in [2.24, 2.45) is 0 Å². The molecule has 0 saturated carbocycles. The number of carbonyl (C=O) groups excluding carboxylic acids is 1. The third kappa shape index (κ3) is 4.10. The maximum absolute atomic E-state index is 12.5. The molecule has 0 spiro atoms. The second-order valence-electron chi connectivity index (χ2n) is 6.56. The normalized spacial score (nSPS) is 11.1. The Morgan fingerprint density at radius 3 is 2.48 bits per heavy atom. The van der Waals surface area contributed by atoms with Crippen molar-refractivity contribution in [2.45, 2.75) is 46.3 Å². The maximum atomic E-state index is 12.5. The summed E-state index contributed by atoms with van der Waals surface area (Å²) in [6.45, 7) is 12.0. The second-order valence-corrected chi connectivity index (χ2v) is 6.56. The molecule has 0 unspecified atom stereocenters. The Morgan fingerprint density at radius 1 is 1.20 bits per heavy atom. The highest BCUT2D eigenvalue weighted by Crippen LogP contribution is 2.23. The van der Waals surface area contributed by atoms with Crippen LogP contribution in [-0.4, -0.2) is 34.1 Å². The van der Waals surface area contributed by atoms with Gasteiger partial charge >= 0.3 is 0 Å². The fourth-order valence-electron chi connectivity index (χ4n) is 3.08. The van der Waals surface area contributed by atoms with Crippen molar-refractivity contribution in [3.63, 3.8) is 0 Å². The van der Waals surface area contributed by atoms with Crippen LogP contribution >= 0.6 is 0 Å². The lowest BCUT2D eigenvalue weighted by Crippen LogP contribution is -2.44. The summed E-state index contributed by atoms with van der Waals surface area (Å²) in [5.41, 5.74) is -0.0971. The minimum atomic E-state index is -0.0971. The number of amides is 1. The van der Waals surface area contributed by atoms with Gasteiger partial charge in [-0.05, 0) is 45.9 Å². The third-order valence-electron chi connectivity index (χ3n) is 4.06. The standard InChI is InChI=1S/C20H26N2O3/c1-6-11-21-12-10-16-17(20(21)24)8-7-9-18(16)25-13-19(23)22(14(2)3)15(4)5/h6-10,12,14-15H,1,11,13H2,2-5H3. The van der Waals surface area contributed by atoms with Gasteiger partial charge in [-0.25, -0.2) is 0 Å². The zero-order valence-electron chi connectivity index (χ0n) is 15.4. The number of carbonyl (C=O) groups is 1. The van der Waals surface area contributed by atoms with Gasteiger partial charge in [-0.1, -0.05) is 12.1 Å². The van der Waals surface area contributed by atoms with Gasteiger partial charge in [0.2, 0.25) is 0 Å². The lowest BCUT2D eigenvalue weighted by atomic mass is 10.1. The highest BCUT2D eigenvalue weighted by atomic mass is 16.5. The predicted octanol–water partition coefficient (Wildman–Crippen LogP) is 3.21. The van der Waals surface area contributed by atoms with Crippen molar-refractivity contribution in [1.29, 1.82) is 0 Å². The Balaban J connectivity index is 2.27. The first-order valence-corrected chi connectivity index (χ1v) is 8.53. The maximum Gasteiger partial charge on any atom is 0.260 e. The first-order chi connectivity index (χ1) is 11.9. The lowest BCUT2D eigenvalue weighted by molar-refractivity contribution is -0.136. The molecule has 1 aromatic carbocycles. The lowest BCUT2D eigenvalue weighted by Gasteiger charge is -2.30. The van der Waals surface area contributed by atoms with Crippen LogP contribution in [-0.2, 0) is 11.3 Å². The highest BCUT2D eigenvalue weighted by Gasteiger charge is 2.20. The van der Waals surface area contributed by atoms with Crippen LogP contribution < -0.4 is 10.3 Å². The number of pyridine rings is 1. The van der Waals surface area contributed by atoms with Crippen LogP contribution in [0.15, 0.2) is 47.9 Å². The van der Waals surface area contributed by atoms with E-state index < -0.39 is 0 Å². The molecule has 1 heterocycles. The molecule has 0 atom stereocenters. The van der Waals surface area contributed by atoms with Crippen molar-refractivity contribution in [3.05, 3.63) is 53.5 Å². The average molecular weight is 342 g/mol. The predicted molar refractivity (Wildman–Crippen MR) is 101 cm³/mol. The number of hydrogen-bond donors (Lipinski definition) is 0. The summed E-state index contributed by atoms with van der Waals surface area (Å²) >= 11 is 0. The zero-order valence-corrected chi connectivity index (χ0v) is 15.4. The fraction of sp³-hybridized carbons (Fsp3) is 0.400. The third-order valence-corrected chi connectivity index (χ3v) is 4.06. The number of ether oxygens (including phenoxy) is 1. The molecule has 1 amide bonds. The molecular weight excluding hydrogens is 316 g/mol. The summed E-state index contributed by atoms with van der Waals surface area (Å²) in [6, 6.07) is 7.36. The van der Waals surface area contributed by atoms with Gasteiger partial charge in [0.1, 0.15) is 5.75 Å². The van der Waals surface area contributed by atoms with Crippen molar-refractivity contribution < 1.29 is 9.53 Å². The van der Waals surface area contributed by atoms with Crippen LogP contribution in [0.5, 0.6) is 5.75 Å². The zero-order chi connectivity index (χ0) is 18.6. The van der Waals surface area contributed by atoms with Gasteiger partial charge in [-0.15, -0.1) is 6.58 Å². The Kier molecular flexibility index (Phi) is 6.02. The van der Waals surface area contributed by atoms with Crippen LogP contribution in [0.2, 0.25) is 0 Å². The van der Waals surface area contributed by atoms with Crippen LogP contribution in [0, 0.1) is 0 Å². The van der Waals surface area contributed by atoms with E-state index in [1.807, 2.05) is 33.8 Å². The molecule has 2 rings (SSSR count). The molecule has 0 aliphatic carbocycles. The van der Waals surface area contributed by atoms with Gasteiger partial charge in [-0.3, -0.25) is 9.59 Å². The van der Waals surface area contributed by atoms with Crippen LogP contribution in [0.25, 0.3) is 10.8 Å². The number of allylic oxidation sites excluding steroid dienone is 1. The van der Waals surface area contributed by atoms with E-state index in [0.717, 1.165) is 0 Å². The summed E-state index contributed by atoms with van der Waals surface area (Å²) in [7, 11) is 0. The molecule has 0 aliphatic rings. The first-order valence-electron chi connectivity index (χ1n) is 8.53. The van der Waals surface area contributed by atoms with Gasteiger partial charge in [0.05, 0.1) is 5.39 Å². The molecule has 2 aromatic rings. The van der Waals surface area contributed by atoms with Gasteiger partial charge in [-0.2, -0.15) is 0 Å². The van der Waals surface area contributed by atoms with Gasteiger partial charge < -0.3 is 14.2 Å². The molecule has 0 aliphatic heterocycles. The van der Waals surface area contributed by atoms with E-state index >= 15 is 0 Å². The molecule has 0 bridgehead atoms. The number of hydrogen-bond acceptors (Lipinski definition) is 3. The minimum absolute atomic E-state index is 0.0504. The van der Waals surface area contributed by atoms with E-state index in [2.05, 4.69) is 6.58 Å². The number of benzene rings is 1. The van der Waals surface area contributed by atoms with Crippen molar-refractivity contribution >= 4 is 16.7 Å². The minimum Gasteiger partial charge on any atom is -0.483 e. The topological polar surface area (TPSA) is 51.5 Å². The van der Waals surface area contributed by atoms with Gasteiger partial charge in [0, 0.05) is 30.2 Å². The van der Waals surface area contributed by atoms with E-state index in [1.165, 1.54) is 0 Å². The molecule has 25 heavy (non-hydrogen) atoms. The summed E-state index contributed by atoms with van der Waals surface area (Å²) in [6.07, 6.45) is 3.40. The SMILES string of the molecule is C=CCn1ccc2c(OCC(=O)N(C(C)C)C(C)C)cccc2c1=O. The monoisotopic (exact) mass is 342 g/mol. The molecule has 5 nitrogen and oxygen atoms in total. The highest BCUT2D eigenvalue weighted by molar-refractivity contribution is 5.88. The smallest absolute Gasteiger partial charge is 0.260 e. The Morgan fingerprint density at radius 2 is 1.88 bits per heavy atom. The van der Waals surface area contributed by atoms with Crippen molar-refractivity contribution in [2.75, 3.05) is 6.61 Å². The summed E-state index contributed by atoms with van der Waals surface area (Å²) in [5, 5.41) is 1.28. The molecule has 0 radical (unpaired) electrons. The van der Waals surface area contributed by atoms with E-state index in [1.54, 1.807) is 39.9 Å². The molecule has 0 saturated heterocycles. The van der Waals surface area contributed by atoms with Crippen molar-refractivity contribution in [1.82, 2.24) is 9.47 Å². The van der Waals surface area contributed by atoms with E-state index in [9.17, 15) is 9.59 Å². The van der Waals surface area contributed by atoms with Crippen LogP contribution in [0.1, 0.15) is 27.7 Å². The Labute approximate surface area is 148 Å². The average Bonchev–Trinajstić information content (AvgIpc) is 2.55. The van der Waals surface area contributed by atoms with E-state index in [4.69, 9.17) is 4.74 Å². The molecule has 0 fully saturated rings. The first kappa shape index (κ1) is 18.8. The van der Waals surface area contributed by atoms with Crippen LogP contribution in [0.3, 0.4) is 0 Å². The fourth-order valence-corrected chi connectivity index (χ4v) is 3.08. The van der Waals surface area contributed by atoms with Crippen LogP contribution in [0.4, 0.5) is 0 Å². The summed E-state index contributed by atoms with van der Waals surface area (Å²) in [4.78, 5) is 26.7. The quantitative estimate of drug-likeness (QED) is 0.726. The van der Waals surface area contributed by atoms with E-state index in [-0.39, 0.29) is 30.2 Å². The van der Waals surface area contributed by atoms with Crippen molar-refractivity contribution in [3.8, 4) is 5.75 Å². The number of fused-ring (bicyclic) bond motifs is 1. The van der Waals surface area contributed by atoms with Gasteiger partial charge in [0.25, 0.3) is 11.5 Å². The largest absolute Gasteiger partial charge is 0.483 e. The Bertz CT molecular complexity index is 813. The molecule has 1 aromatic heterocycles. The number of aromatic nitrogens is 1. The van der Waals surface area contributed by atoms with Gasteiger partial charge in [0.15, 0.2) is 6.61 Å². The number of rotatable bonds is 7. The van der Waals surface area contributed by atoms with E-state index in [0.29, 0.717) is 23.1 Å². The molecule has 5 heteroatoms. The molecule has 134 valence electrons. The molecular formula is C20H26N2O3. The number of nitrogens with zero attached hydrogens (tertiary/aromatic N) is 2.